The van der Waals surface area contributed by atoms with E-state index in [4.69, 9.17) is 13.9 Å². The van der Waals surface area contributed by atoms with Crippen LogP contribution < -0.4 is 20.2 Å². The summed E-state index contributed by atoms with van der Waals surface area (Å²) in [6.07, 6.45) is 1.34. The number of anilines is 1. The lowest BCUT2D eigenvalue weighted by atomic mass is 9.87. The van der Waals surface area contributed by atoms with E-state index in [1.54, 1.807) is 25.3 Å². The molecule has 0 spiro atoms. The number of halogens is 1. The summed E-state index contributed by atoms with van der Waals surface area (Å²) in [5.74, 6) is 0.184. The maximum atomic E-state index is 13.2. The summed E-state index contributed by atoms with van der Waals surface area (Å²) in [6.45, 7) is 6.02. The predicted octanol–water partition coefficient (Wildman–Crippen LogP) is 5.92. The van der Waals surface area contributed by atoms with E-state index in [1.165, 1.54) is 30.5 Å². The van der Waals surface area contributed by atoms with Gasteiger partial charge in [0.15, 0.2) is 12.0 Å². The Morgan fingerprint density at radius 1 is 1.03 bits per heavy atom. The van der Waals surface area contributed by atoms with Crippen molar-refractivity contribution >= 4 is 22.6 Å². The van der Waals surface area contributed by atoms with Crippen LogP contribution >= 0.6 is 0 Å². The first-order valence-corrected chi connectivity index (χ1v) is 11.1. The summed E-state index contributed by atoms with van der Waals surface area (Å²) >= 11 is 0. The van der Waals surface area contributed by atoms with Gasteiger partial charge in [-0.05, 0) is 52.9 Å². The molecule has 4 rings (SSSR count). The van der Waals surface area contributed by atoms with E-state index in [0.717, 1.165) is 5.56 Å². The van der Waals surface area contributed by atoms with E-state index in [2.05, 4.69) is 26.1 Å². The largest absolute Gasteiger partial charge is 0.495 e. The second-order valence-electron chi connectivity index (χ2n) is 9.15. The van der Waals surface area contributed by atoms with Gasteiger partial charge in [-0.15, -0.1) is 0 Å². The number of fused-ring (bicyclic) bond motifs is 1. The van der Waals surface area contributed by atoms with E-state index in [9.17, 15) is 14.0 Å². The normalized spacial score (nSPS) is 11.3. The molecule has 6 nitrogen and oxygen atoms in total. The van der Waals surface area contributed by atoms with Crippen LogP contribution in [0.3, 0.4) is 0 Å². The molecule has 1 N–H and O–H groups in total. The van der Waals surface area contributed by atoms with Gasteiger partial charge in [0.25, 0.3) is 5.91 Å². The summed E-state index contributed by atoms with van der Waals surface area (Å²) < 4.78 is 29.8. The van der Waals surface area contributed by atoms with Crippen LogP contribution in [0.5, 0.6) is 11.5 Å². The number of hydrogen-bond donors (Lipinski definition) is 1. The first kappa shape index (κ1) is 24.0. The number of hydrogen-bond acceptors (Lipinski definition) is 5. The molecule has 0 radical (unpaired) electrons. The summed E-state index contributed by atoms with van der Waals surface area (Å²) in [5, 5.41) is 3.19. The average Bonchev–Trinajstić information content (AvgIpc) is 2.83. The molecule has 35 heavy (non-hydrogen) atoms. The Bertz CT molecular complexity index is 1430. The predicted molar refractivity (Wildman–Crippen MR) is 134 cm³/mol. The molecule has 0 atom stereocenters. The van der Waals surface area contributed by atoms with E-state index in [1.807, 2.05) is 18.2 Å². The molecule has 0 saturated heterocycles. The van der Waals surface area contributed by atoms with Crippen LogP contribution in [0.25, 0.3) is 22.1 Å². The molecule has 0 aliphatic heterocycles. The highest BCUT2D eigenvalue weighted by molar-refractivity contribution is 5.93. The van der Waals surface area contributed by atoms with Crippen LogP contribution in [-0.4, -0.2) is 19.6 Å². The van der Waals surface area contributed by atoms with Crippen molar-refractivity contribution in [2.45, 2.75) is 26.2 Å². The minimum absolute atomic E-state index is 0.0895. The van der Waals surface area contributed by atoms with Gasteiger partial charge in [0.2, 0.25) is 0 Å². The van der Waals surface area contributed by atoms with Crippen molar-refractivity contribution in [2.75, 3.05) is 19.0 Å². The zero-order valence-electron chi connectivity index (χ0n) is 20.0. The highest BCUT2D eigenvalue weighted by atomic mass is 19.1. The molecular weight excluding hydrogens is 449 g/mol. The molecule has 4 aromatic rings. The molecule has 1 amide bonds. The SMILES string of the molecule is COc1ccc(C(C)(C)C)cc1NC(=O)COc1ccc2c(=O)c(-c3ccc(F)cc3)coc2c1. The van der Waals surface area contributed by atoms with Gasteiger partial charge in [-0.3, -0.25) is 9.59 Å². The molecule has 3 aromatic carbocycles. The Hall–Kier alpha value is -4.13. The van der Waals surface area contributed by atoms with Crippen LogP contribution in [0, 0.1) is 5.82 Å². The Labute approximate surface area is 202 Å². The average molecular weight is 476 g/mol. The Kier molecular flexibility index (Phi) is 6.60. The Morgan fingerprint density at radius 3 is 2.46 bits per heavy atom. The van der Waals surface area contributed by atoms with Gasteiger partial charge < -0.3 is 19.2 Å². The molecule has 0 bridgehead atoms. The Balaban J connectivity index is 1.49. The monoisotopic (exact) mass is 475 g/mol. The van der Waals surface area contributed by atoms with Gasteiger partial charge in [0, 0.05) is 6.07 Å². The van der Waals surface area contributed by atoms with Gasteiger partial charge in [-0.1, -0.05) is 39.0 Å². The third-order valence-electron chi connectivity index (χ3n) is 5.61. The van der Waals surface area contributed by atoms with Crippen molar-refractivity contribution < 1.29 is 23.1 Å². The van der Waals surface area contributed by atoms with Gasteiger partial charge in [-0.25, -0.2) is 4.39 Å². The van der Waals surface area contributed by atoms with E-state index in [0.29, 0.717) is 39.3 Å². The summed E-state index contributed by atoms with van der Waals surface area (Å²) in [5.41, 5.74) is 2.49. The van der Waals surface area contributed by atoms with Crippen LogP contribution in [-0.2, 0) is 10.2 Å². The lowest BCUT2D eigenvalue weighted by Crippen LogP contribution is -2.21. The zero-order chi connectivity index (χ0) is 25.2. The number of amides is 1. The molecule has 0 saturated carbocycles. The number of ether oxygens (including phenoxy) is 2. The van der Waals surface area contributed by atoms with E-state index >= 15 is 0 Å². The summed E-state index contributed by atoms with van der Waals surface area (Å²) in [7, 11) is 1.54. The fourth-order valence-electron chi connectivity index (χ4n) is 3.63. The van der Waals surface area contributed by atoms with Crippen molar-refractivity contribution in [1.82, 2.24) is 0 Å². The molecule has 0 fully saturated rings. The molecule has 7 heteroatoms. The minimum atomic E-state index is -0.384. The summed E-state index contributed by atoms with van der Waals surface area (Å²) in [4.78, 5) is 25.4. The second-order valence-corrected chi connectivity index (χ2v) is 9.15. The number of carbonyl (C=O) groups excluding carboxylic acids is 1. The van der Waals surface area contributed by atoms with Crippen LogP contribution in [0.15, 0.2) is 76.1 Å². The maximum Gasteiger partial charge on any atom is 0.262 e. The summed E-state index contributed by atoms with van der Waals surface area (Å²) in [6, 6.07) is 16.0. The number of carbonyl (C=O) groups is 1. The van der Waals surface area contributed by atoms with Crippen molar-refractivity contribution in [2.24, 2.45) is 0 Å². The van der Waals surface area contributed by atoms with Gasteiger partial charge in [0.1, 0.15) is 29.2 Å². The van der Waals surface area contributed by atoms with Crippen LogP contribution in [0.1, 0.15) is 26.3 Å². The fourth-order valence-corrected chi connectivity index (χ4v) is 3.63. The minimum Gasteiger partial charge on any atom is -0.495 e. The second kappa shape index (κ2) is 9.62. The van der Waals surface area contributed by atoms with E-state index in [-0.39, 0.29) is 29.2 Å². The standard InChI is InChI=1S/C28H26FNO5/c1-28(2,3)18-7-12-24(33-4)23(13-18)30-26(31)16-34-20-10-11-21-25(14-20)35-15-22(27(21)32)17-5-8-19(29)9-6-17/h5-15H,16H2,1-4H3,(H,30,31). The van der Waals surface area contributed by atoms with Gasteiger partial charge in [-0.2, -0.15) is 0 Å². The van der Waals surface area contributed by atoms with Crippen molar-refractivity contribution in [3.8, 4) is 22.6 Å². The molecule has 0 aliphatic carbocycles. The molecule has 1 heterocycles. The van der Waals surface area contributed by atoms with Crippen molar-refractivity contribution in [1.29, 1.82) is 0 Å². The molecule has 0 unspecified atom stereocenters. The number of rotatable bonds is 6. The van der Waals surface area contributed by atoms with Crippen molar-refractivity contribution in [3.05, 3.63) is 88.5 Å². The number of methoxy groups -OCH3 is 1. The lowest BCUT2D eigenvalue weighted by Gasteiger charge is -2.21. The molecule has 0 aliphatic rings. The quantitative estimate of drug-likeness (QED) is 0.374. The van der Waals surface area contributed by atoms with Crippen LogP contribution in [0.4, 0.5) is 10.1 Å². The highest BCUT2D eigenvalue weighted by Gasteiger charge is 2.17. The van der Waals surface area contributed by atoms with Crippen molar-refractivity contribution in [3.63, 3.8) is 0 Å². The third kappa shape index (κ3) is 5.35. The topological polar surface area (TPSA) is 77.8 Å². The molecule has 1 aromatic heterocycles. The molecule has 180 valence electrons. The van der Waals surface area contributed by atoms with Gasteiger partial charge in [0.05, 0.1) is 23.7 Å². The molecular formula is C28H26FNO5. The highest BCUT2D eigenvalue weighted by Crippen LogP contribution is 2.31. The fraction of sp³-hybridized carbons (Fsp3) is 0.214. The Morgan fingerprint density at radius 2 is 1.77 bits per heavy atom. The van der Waals surface area contributed by atoms with Crippen LogP contribution in [0.2, 0.25) is 0 Å². The number of nitrogens with one attached hydrogen (secondary N) is 1. The lowest BCUT2D eigenvalue weighted by molar-refractivity contribution is -0.118. The third-order valence-corrected chi connectivity index (χ3v) is 5.61. The van der Waals surface area contributed by atoms with E-state index < -0.39 is 0 Å². The first-order chi connectivity index (χ1) is 16.7. The smallest absolute Gasteiger partial charge is 0.262 e. The maximum absolute atomic E-state index is 13.2. The van der Waals surface area contributed by atoms with Gasteiger partial charge >= 0.3 is 0 Å². The zero-order valence-corrected chi connectivity index (χ0v) is 20.0. The first-order valence-electron chi connectivity index (χ1n) is 11.1. The number of benzene rings is 3.